The maximum Gasteiger partial charge on any atom is 0.116 e. The molecule has 0 radical (unpaired) electrons. The largest absolute Gasteiger partial charge is 0.399 e. The van der Waals surface area contributed by atoms with Gasteiger partial charge in [0.25, 0.3) is 0 Å². The number of rotatable bonds is 2. The van der Waals surface area contributed by atoms with Crippen LogP contribution in [0.1, 0.15) is 25.3 Å². The van der Waals surface area contributed by atoms with Crippen LogP contribution in [0.4, 0.5) is 11.4 Å². The quantitative estimate of drug-likeness (QED) is 0.770. The summed E-state index contributed by atoms with van der Waals surface area (Å²) in [6, 6.07) is 8.36. The second kappa shape index (κ2) is 4.44. The highest BCUT2D eigenvalue weighted by Gasteiger charge is 2.22. The van der Waals surface area contributed by atoms with Crippen LogP contribution in [-0.4, -0.2) is 12.6 Å². The van der Waals surface area contributed by atoms with Crippen molar-refractivity contribution in [3.63, 3.8) is 0 Å². The first kappa shape index (κ1) is 10.8. The lowest BCUT2D eigenvalue weighted by Gasteiger charge is -2.34. The van der Waals surface area contributed by atoms with E-state index in [0.717, 1.165) is 31.5 Å². The number of hydrogen-bond donors (Lipinski definition) is 1. The molecule has 0 saturated heterocycles. The molecule has 3 nitrogen and oxygen atoms in total. The second-order valence-electron chi connectivity index (χ2n) is 4.24. The standard InChI is InChI=1S/C13H17N3/c1-2-12(9-14)16-7-3-4-10-8-11(15)5-6-13(10)16/h5-6,8,12H,2-4,7,15H2,1H3. The number of nitriles is 1. The summed E-state index contributed by atoms with van der Waals surface area (Å²) in [5, 5.41) is 9.14. The van der Waals surface area contributed by atoms with Crippen LogP contribution >= 0.6 is 0 Å². The van der Waals surface area contributed by atoms with Crippen molar-refractivity contribution in [2.75, 3.05) is 17.2 Å². The van der Waals surface area contributed by atoms with Gasteiger partial charge in [-0.25, -0.2) is 0 Å². The molecular weight excluding hydrogens is 198 g/mol. The van der Waals surface area contributed by atoms with E-state index in [4.69, 9.17) is 11.0 Å². The van der Waals surface area contributed by atoms with Gasteiger partial charge in [0.2, 0.25) is 0 Å². The zero-order valence-corrected chi connectivity index (χ0v) is 9.61. The van der Waals surface area contributed by atoms with E-state index in [1.807, 2.05) is 18.2 Å². The van der Waals surface area contributed by atoms with Crippen molar-refractivity contribution >= 4 is 11.4 Å². The van der Waals surface area contributed by atoms with E-state index in [2.05, 4.69) is 17.9 Å². The predicted octanol–water partition coefficient (Wildman–Crippen LogP) is 2.32. The smallest absolute Gasteiger partial charge is 0.116 e. The van der Waals surface area contributed by atoms with Crippen LogP contribution in [0.3, 0.4) is 0 Å². The minimum atomic E-state index is -0.0114. The van der Waals surface area contributed by atoms with Crippen molar-refractivity contribution < 1.29 is 0 Å². The molecule has 2 rings (SSSR count). The van der Waals surface area contributed by atoms with Crippen LogP contribution in [0, 0.1) is 11.3 Å². The second-order valence-corrected chi connectivity index (χ2v) is 4.24. The van der Waals surface area contributed by atoms with Crippen LogP contribution in [0.2, 0.25) is 0 Å². The molecule has 0 aliphatic carbocycles. The van der Waals surface area contributed by atoms with Gasteiger partial charge in [-0.3, -0.25) is 0 Å². The van der Waals surface area contributed by atoms with Crippen molar-refractivity contribution in [2.24, 2.45) is 0 Å². The molecule has 84 valence electrons. The molecule has 0 spiro atoms. The van der Waals surface area contributed by atoms with E-state index in [9.17, 15) is 0 Å². The lowest BCUT2D eigenvalue weighted by Crippen LogP contribution is -2.37. The monoisotopic (exact) mass is 215 g/mol. The molecule has 0 amide bonds. The first-order valence-electron chi connectivity index (χ1n) is 5.81. The van der Waals surface area contributed by atoms with Crippen LogP contribution in [0.25, 0.3) is 0 Å². The molecule has 1 aliphatic rings. The highest BCUT2D eigenvalue weighted by atomic mass is 15.2. The summed E-state index contributed by atoms with van der Waals surface area (Å²) < 4.78 is 0. The summed E-state index contributed by atoms with van der Waals surface area (Å²) in [5.74, 6) is 0. The molecule has 0 fully saturated rings. The Kier molecular flexibility index (Phi) is 3.00. The third-order valence-electron chi connectivity index (χ3n) is 3.17. The summed E-state index contributed by atoms with van der Waals surface area (Å²) in [6.07, 6.45) is 3.04. The number of nitrogens with zero attached hydrogens (tertiary/aromatic N) is 2. The van der Waals surface area contributed by atoms with Crippen LogP contribution in [0.5, 0.6) is 0 Å². The highest BCUT2D eigenvalue weighted by molar-refractivity contribution is 5.62. The van der Waals surface area contributed by atoms with Crippen molar-refractivity contribution in [3.8, 4) is 6.07 Å². The highest BCUT2D eigenvalue weighted by Crippen LogP contribution is 2.30. The Morgan fingerprint density at radius 1 is 1.56 bits per heavy atom. The topological polar surface area (TPSA) is 53.0 Å². The van der Waals surface area contributed by atoms with E-state index < -0.39 is 0 Å². The van der Waals surface area contributed by atoms with E-state index in [0.29, 0.717) is 0 Å². The molecule has 1 aliphatic heterocycles. The fourth-order valence-corrected chi connectivity index (χ4v) is 2.35. The molecule has 16 heavy (non-hydrogen) atoms. The first-order chi connectivity index (χ1) is 7.76. The van der Waals surface area contributed by atoms with E-state index in [-0.39, 0.29) is 6.04 Å². The van der Waals surface area contributed by atoms with Crippen molar-refractivity contribution in [2.45, 2.75) is 32.2 Å². The third-order valence-corrected chi connectivity index (χ3v) is 3.17. The van der Waals surface area contributed by atoms with Gasteiger partial charge < -0.3 is 10.6 Å². The molecular formula is C13H17N3. The van der Waals surface area contributed by atoms with Gasteiger partial charge in [-0.2, -0.15) is 5.26 Å². The molecule has 0 saturated carbocycles. The fraction of sp³-hybridized carbons (Fsp3) is 0.462. The van der Waals surface area contributed by atoms with Gasteiger partial charge in [0.15, 0.2) is 0 Å². The minimum absolute atomic E-state index is 0.0114. The van der Waals surface area contributed by atoms with Crippen molar-refractivity contribution in [1.82, 2.24) is 0 Å². The normalized spacial score (nSPS) is 16.4. The number of nitrogens with two attached hydrogens (primary N) is 1. The molecule has 0 bridgehead atoms. The number of hydrogen-bond acceptors (Lipinski definition) is 3. The molecule has 1 aromatic carbocycles. The molecule has 1 atom stereocenters. The van der Waals surface area contributed by atoms with Gasteiger partial charge in [0.1, 0.15) is 6.04 Å². The molecule has 2 N–H and O–H groups in total. The minimum Gasteiger partial charge on any atom is -0.399 e. The van der Waals surface area contributed by atoms with Crippen LogP contribution in [0.15, 0.2) is 18.2 Å². The van der Waals surface area contributed by atoms with Crippen molar-refractivity contribution in [1.29, 1.82) is 5.26 Å². The summed E-state index contributed by atoms with van der Waals surface area (Å²) in [6.45, 7) is 3.03. The van der Waals surface area contributed by atoms with Gasteiger partial charge in [0, 0.05) is 17.9 Å². The lowest BCUT2D eigenvalue weighted by atomic mass is 9.99. The fourth-order valence-electron chi connectivity index (χ4n) is 2.35. The summed E-state index contributed by atoms with van der Waals surface area (Å²) in [4.78, 5) is 2.21. The number of aryl methyl sites for hydroxylation is 1. The SMILES string of the molecule is CCC(C#N)N1CCCc2cc(N)ccc21. The lowest BCUT2D eigenvalue weighted by molar-refractivity contribution is 0.622. The zero-order valence-electron chi connectivity index (χ0n) is 9.61. The zero-order chi connectivity index (χ0) is 11.5. The summed E-state index contributed by atoms with van der Waals surface area (Å²) >= 11 is 0. The number of anilines is 2. The molecule has 3 heteroatoms. The Morgan fingerprint density at radius 2 is 2.38 bits per heavy atom. The Bertz CT molecular complexity index is 420. The Hall–Kier alpha value is -1.69. The number of fused-ring (bicyclic) bond motifs is 1. The molecule has 1 unspecified atom stereocenters. The maximum atomic E-state index is 9.14. The number of benzene rings is 1. The molecule has 1 aromatic rings. The average molecular weight is 215 g/mol. The Labute approximate surface area is 96.5 Å². The Morgan fingerprint density at radius 3 is 3.06 bits per heavy atom. The van der Waals surface area contributed by atoms with E-state index in [1.54, 1.807) is 0 Å². The molecule has 1 heterocycles. The summed E-state index contributed by atoms with van der Waals surface area (Å²) in [5.41, 5.74) is 9.06. The van der Waals surface area contributed by atoms with Crippen LogP contribution in [-0.2, 0) is 6.42 Å². The third kappa shape index (κ3) is 1.83. The van der Waals surface area contributed by atoms with E-state index >= 15 is 0 Å². The van der Waals surface area contributed by atoms with Gasteiger partial charge in [-0.05, 0) is 43.0 Å². The van der Waals surface area contributed by atoms with E-state index in [1.165, 1.54) is 11.3 Å². The van der Waals surface area contributed by atoms with Gasteiger partial charge in [-0.15, -0.1) is 0 Å². The number of nitrogen functional groups attached to an aromatic ring is 1. The first-order valence-corrected chi connectivity index (χ1v) is 5.81. The van der Waals surface area contributed by atoms with Gasteiger partial charge in [-0.1, -0.05) is 6.92 Å². The summed E-state index contributed by atoms with van der Waals surface area (Å²) in [7, 11) is 0. The maximum absolute atomic E-state index is 9.14. The van der Waals surface area contributed by atoms with Gasteiger partial charge >= 0.3 is 0 Å². The average Bonchev–Trinajstić information content (AvgIpc) is 2.30. The predicted molar refractivity (Wildman–Crippen MR) is 66.2 cm³/mol. The Balaban J connectivity index is 2.37. The van der Waals surface area contributed by atoms with Gasteiger partial charge in [0.05, 0.1) is 6.07 Å². The van der Waals surface area contributed by atoms with Crippen molar-refractivity contribution in [3.05, 3.63) is 23.8 Å². The van der Waals surface area contributed by atoms with Crippen LogP contribution < -0.4 is 10.6 Å². The molecule has 0 aromatic heterocycles.